The number of likely N-dealkylation sites (tertiary alicyclic amines) is 2. The number of nitrogens with zero attached hydrogens (tertiary/aromatic N) is 2. The topological polar surface area (TPSA) is 60.9 Å². The summed E-state index contributed by atoms with van der Waals surface area (Å²) in [7, 11) is 0. The monoisotopic (exact) mass is 358 g/mol. The second-order valence-electron chi connectivity index (χ2n) is 7.75. The third kappa shape index (κ3) is 3.17. The van der Waals surface area contributed by atoms with Crippen LogP contribution < -0.4 is 0 Å². The molecule has 0 radical (unpaired) electrons. The molecule has 3 fully saturated rings. The van der Waals surface area contributed by atoms with Crippen LogP contribution in [0.15, 0.2) is 0 Å². The summed E-state index contributed by atoms with van der Waals surface area (Å²) in [6.07, 6.45) is 7.20. The molecule has 4 atom stereocenters. The highest BCUT2D eigenvalue weighted by atomic mass is 35.5. The van der Waals surface area contributed by atoms with Gasteiger partial charge in [0.25, 0.3) is 0 Å². The lowest BCUT2D eigenvalue weighted by atomic mass is 9.81. The van der Waals surface area contributed by atoms with Gasteiger partial charge in [-0.05, 0) is 51.4 Å². The maximum absolute atomic E-state index is 13.0. The molecular formula is C18H31ClN2O3. The summed E-state index contributed by atoms with van der Waals surface area (Å²) < 4.78 is 0. The number of amides is 1. The van der Waals surface area contributed by atoms with Crippen molar-refractivity contribution in [2.24, 2.45) is 11.3 Å². The van der Waals surface area contributed by atoms with Crippen molar-refractivity contribution in [3.05, 3.63) is 0 Å². The highest BCUT2D eigenvalue weighted by Crippen LogP contribution is 2.49. The molecule has 0 aromatic carbocycles. The minimum absolute atomic E-state index is 0. The second kappa shape index (κ2) is 7.61. The Kier molecular flexibility index (Phi) is 6.19. The Morgan fingerprint density at radius 3 is 2.62 bits per heavy atom. The number of fused-ring (bicyclic) bond motifs is 1. The first-order chi connectivity index (χ1) is 11.0. The zero-order valence-corrected chi connectivity index (χ0v) is 15.7. The number of carbonyl (C=O) groups excluding carboxylic acids is 1. The van der Waals surface area contributed by atoms with Crippen LogP contribution in [0, 0.1) is 11.3 Å². The van der Waals surface area contributed by atoms with Crippen LogP contribution in [0.25, 0.3) is 0 Å². The molecule has 3 aliphatic rings. The molecule has 1 aliphatic carbocycles. The molecule has 2 saturated heterocycles. The highest BCUT2D eigenvalue weighted by Gasteiger charge is 2.56. The summed E-state index contributed by atoms with van der Waals surface area (Å²) in [5.74, 6) is -0.234. The van der Waals surface area contributed by atoms with E-state index >= 15 is 0 Å². The molecule has 24 heavy (non-hydrogen) atoms. The minimum Gasteiger partial charge on any atom is -0.481 e. The van der Waals surface area contributed by atoms with Crippen molar-refractivity contribution in [2.75, 3.05) is 19.6 Å². The molecular weight excluding hydrogens is 328 g/mol. The van der Waals surface area contributed by atoms with Crippen molar-refractivity contribution < 1.29 is 14.7 Å². The van der Waals surface area contributed by atoms with Crippen LogP contribution in [0.3, 0.4) is 0 Å². The number of carboxylic acids is 1. The van der Waals surface area contributed by atoms with E-state index in [1.807, 2.05) is 6.92 Å². The van der Waals surface area contributed by atoms with E-state index in [2.05, 4.69) is 16.7 Å². The number of halogens is 1. The van der Waals surface area contributed by atoms with Gasteiger partial charge in [0.05, 0.1) is 11.5 Å². The SMILES string of the molecule is CCC1CCCCN1C(=O)C(C)N1C[C@@H]2CCC[C@@]2(C(=O)O)C1.Cl. The Hall–Kier alpha value is -0.810. The molecule has 0 aromatic heterocycles. The largest absolute Gasteiger partial charge is 0.481 e. The molecule has 0 aromatic rings. The Morgan fingerprint density at radius 2 is 2.00 bits per heavy atom. The normalized spacial score (nSPS) is 34.5. The summed E-state index contributed by atoms with van der Waals surface area (Å²) in [4.78, 5) is 29.0. The van der Waals surface area contributed by atoms with E-state index in [4.69, 9.17) is 0 Å². The van der Waals surface area contributed by atoms with Gasteiger partial charge in [0.1, 0.15) is 0 Å². The number of aliphatic carboxylic acids is 1. The van der Waals surface area contributed by atoms with Crippen LogP contribution in [0.1, 0.15) is 58.8 Å². The fourth-order valence-electron chi connectivity index (χ4n) is 5.08. The molecule has 5 nitrogen and oxygen atoms in total. The average Bonchev–Trinajstić information content (AvgIpc) is 3.11. The number of hydrogen-bond donors (Lipinski definition) is 1. The lowest BCUT2D eigenvalue weighted by Crippen LogP contribution is -2.52. The molecule has 1 saturated carbocycles. The molecule has 1 N–H and O–H groups in total. The van der Waals surface area contributed by atoms with E-state index in [-0.39, 0.29) is 30.3 Å². The summed E-state index contributed by atoms with van der Waals surface area (Å²) in [6, 6.07) is 0.179. The van der Waals surface area contributed by atoms with Crippen LogP contribution in [0.4, 0.5) is 0 Å². The average molecular weight is 359 g/mol. The van der Waals surface area contributed by atoms with Gasteiger partial charge in [0.15, 0.2) is 0 Å². The molecule has 0 bridgehead atoms. The van der Waals surface area contributed by atoms with Crippen molar-refractivity contribution in [1.82, 2.24) is 9.80 Å². The fraction of sp³-hybridized carbons (Fsp3) is 0.889. The first-order valence-corrected chi connectivity index (χ1v) is 9.27. The van der Waals surface area contributed by atoms with Gasteiger partial charge in [-0.3, -0.25) is 14.5 Å². The smallest absolute Gasteiger partial charge is 0.311 e. The van der Waals surface area contributed by atoms with E-state index < -0.39 is 11.4 Å². The van der Waals surface area contributed by atoms with Gasteiger partial charge in [-0.25, -0.2) is 0 Å². The Bertz CT molecular complexity index is 487. The van der Waals surface area contributed by atoms with Gasteiger partial charge >= 0.3 is 5.97 Å². The molecule has 2 aliphatic heterocycles. The van der Waals surface area contributed by atoms with Gasteiger partial charge in [-0.15, -0.1) is 12.4 Å². The van der Waals surface area contributed by atoms with E-state index in [9.17, 15) is 14.7 Å². The van der Waals surface area contributed by atoms with Gasteiger partial charge in [-0.1, -0.05) is 13.3 Å². The van der Waals surface area contributed by atoms with E-state index in [0.717, 1.165) is 51.6 Å². The first-order valence-electron chi connectivity index (χ1n) is 9.27. The third-order valence-corrected chi connectivity index (χ3v) is 6.61. The molecule has 2 unspecified atom stereocenters. The molecule has 2 heterocycles. The highest BCUT2D eigenvalue weighted by molar-refractivity contribution is 5.85. The van der Waals surface area contributed by atoms with Crippen molar-refractivity contribution in [2.45, 2.75) is 70.9 Å². The van der Waals surface area contributed by atoms with Crippen LogP contribution in [-0.2, 0) is 9.59 Å². The van der Waals surface area contributed by atoms with Gasteiger partial charge in [-0.2, -0.15) is 0 Å². The van der Waals surface area contributed by atoms with E-state index in [1.54, 1.807) is 0 Å². The Balaban J connectivity index is 0.00000208. The van der Waals surface area contributed by atoms with Crippen molar-refractivity contribution in [1.29, 1.82) is 0 Å². The Labute approximate surface area is 151 Å². The quantitative estimate of drug-likeness (QED) is 0.839. The number of hydrogen-bond acceptors (Lipinski definition) is 3. The van der Waals surface area contributed by atoms with Crippen molar-refractivity contribution >= 4 is 24.3 Å². The van der Waals surface area contributed by atoms with E-state index in [0.29, 0.717) is 12.6 Å². The lowest BCUT2D eigenvalue weighted by molar-refractivity contribution is -0.150. The van der Waals surface area contributed by atoms with Crippen molar-refractivity contribution in [3.63, 3.8) is 0 Å². The molecule has 1 amide bonds. The third-order valence-electron chi connectivity index (χ3n) is 6.61. The van der Waals surface area contributed by atoms with Crippen LogP contribution in [0.2, 0.25) is 0 Å². The summed E-state index contributed by atoms with van der Waals surface area (Å²) in [6.45, 7) is 6.30. The van der Waals surface area contributed by atoms with Crippen LogP contribution in [-0.4, -0.2) is 58.5 Å². The fourth-order valence-corrected chi connectivity index (χ4v) is 5.08. The summed E-state index contributed by atoms with van der Waals surface area (Å²) >= 11 is 0. The second-order valence-corrected chi connectivity index (χ2v) is 7.75. The van der Waals surface area contributed by atoms with Gasteiger partial charge < -0.3 is 10.0 Å². The maximum atomic E-state index is 13.0. The predicted molar refractivity (Wildman–Crippen MR) is 95.3 cm³/mol. The van der Waals surface area contributed by atoms with Crippen LogP contribution >= 0.6 is 12.4 Å². The lowest BCUT2D eigenvalue weighted by Gasteiger charge is -2.39. The molecule has 138 valence electrons. The van der Waals surface area contributed by atoms with Crippen molar-refractivity contribution in [3.8, 4) is 0 Å². The zero-order valence-electron chi connectivity index (χ0n) is 14.9. The maximum Gasteiger partial charge on any atom is 0.311 e. The predicted octanol–water partition coefficient (Wildman–Crippen LogP) is 2.77. The molecule has 3 rings (SSSR count). The minimum atomic E-state index is -0.661. The molecule has 0 spiro atoms. The standard InChI is InChI=1S/C18H30N2O3.ClH/c1-3-15-8-4-5-10-20(15)16(21)13(2)19-11-14-7-6-9-18(14,12-19)17(22)23;/h13-15H,3-12H2,1-2H3,(H,22,23);1H/t13?,14-,15?,18+;/m0./s1. The number of carbonyl (C=O) groups is 2. The van der Waals surface area contributed by atoms with E-state index in [1.165, 1.54) is 6.42 Å². The number of rotatable bonds is 4. The van der Waals surface area contributed by atoms with Gasteiger partial charge in [0, 0.05) is 25.7 Å². The summed E-state index contributed by atoms with van der Waals surface area (Å²) in [5, 5.41) is 9.72. The summed E-state index contributed by atoms with van der Waals surface area (Å²) in [5.41, 5.74) is -0.597. The first kappa shape index (κ1) is 19.5. The Morgan fingerprint density at radius 1 is 1.25 bits per heavy atom. The number of piperidine rings is 1. The number of carboxylic acid groups (broad SMARTS) is 1. The van der Waals surface area contributed by atoms with Crippen LogP contribution in [0.5, 0.6) is 0 Å². The zero-order chi connectivity index (χ0) is 16.6. The van der Waals surface area contributed by atoms with Gasteiger partial charge in [0.2, 0.25) is 5.91 Å². The molecule has 6 heteroatoms.